The van der Waals surface area contributed by atoms with Crippen molar-refractivity contribution in [1.29, 1.82) is 0 Å². The number of carbonyl (C=O) groups excluding carboxylic acids is 2. The normalized spacial score (nSPS) is 18.1. The molecular weight excluding hydrogens is 451 g/mol. The molecule has 0 spiro atoms. The number of benzene rings is 2. The average molecular weight is 483 g/mol. The molecule has 0 saturated carbocycles. The maximum Gasteiger partial charge on any atom is 0.253 e. The molecule has 0 N–H and O–H groups in total. The number of hydrogen-bond donors (Lipinski definition) is 0. The molecule has 2 amide bonds. The van der Waals surface area contributed by atoms with E-state index in [1.807, 2.05) is 23.1 Å². The molecule has 2 aliphatic rings. The second kappa shape index (κ2) is 10.8. The van der Waals surface area contributed by atoms with Crippen LogP contribution in [0.25, 0.3) is 5.57 Å². The minimum absolute atomic E-state index is 0.0607. The number of hydrogen-bond acceptors (Lipinski definition) is 5. The summed E-state index contributed by atoms with van der Waals surface area (Å²) >= 11 is 0. The predicted octanol–water partition coefficient (Wildman–Crippen LogP) is 4.02. The van der Waals surface area contributed by atoms with E-state index in [9.17, 15) is 14.0 Å². The first-order valence-corrected chi connectivity index (χ1v) is 11.8. The molecule has 2 aromatic carbocycles. The number of ether oxygens (including phenoxy) is 3. The molecule has 8 heteroatoms. The molecular formula is C27H31FN2O5. The average Bonchev–Trinajstić information content (AvgIpc) is 2.92. The lowest BCUT2D eigenvalue weighted by Gasteiger charge is -2.36. The summed E-state index contributed by atoms with van der Waals surface area (Å²) in [6.45, 7) is 2.03. The number of amides is 2. The highest BCUT2D eigenvalue weighted by molar-refractivity contribution is 5.94. The molecule has 7 nitrogen and oxygen atoms in total. The molecule has 2 aliphatic heterocycles. The summed E-state index contributed by atoms with van der Waals surface area (Å²) in [5, 5.41) is 0. The van der Waals surface area contributed by atoms with E-state index in [2.05, 4.69) is 0 Å². The number of nitrogens with zero attached hydrogens (tertiary/aromatic N) is 2. The summed E-state index contributed by atoms with van der Waals surface area (Å²) in [7, 11) is 4.81. The van der Waals surface area contributed by atoms with Gasteiger partial charge in [0.2, 0.25) is 5.91 Å². The standard InChI is InChI=1S/C27H31FN2O5/c1-33-22-15-23(34-2)25(24(16-22)35-3)18-10-13-29(14-11-18)27(32)20-5-4-12-30(17-20)26(31)19-6-8-21(28)9-7-19/h6-10,15-16,20H,4-5,11-14,17H2,1-3H3. The van der Waals surface area contributed by atoms with E-state index < -0.39 is 0 Å². The Balaban J connectivity index is 1.45. The Morgan fingerprint density at radius 2 is 1.63 bits per heavy atom. The Morgan fingerprint density at radius 1 is 0.943 bits per heavy atom. The van der Waals surface area contributed by atoms with Crippen molar-refractivity contribution in [2.45, 2.75) is 19.3 Å². The van der Waals surface area contributed by atoms with E-state index in [4.69, 9.17) is 14.2 Å². The molecule has 0 radical (unpaired) electrons. The van der Waals surface area contributed by atoms with Crippen molar-refractivity contribution in [3.8, 4) is 17.2 Å². The Morgan fingerprint density at radius 3 is 2.20 bits per heavy atom. The van der Waals surface area contributed by atoms with Crippen LogP contribution >= 0.6 is 0 Å². The minimum atomic E-state index is -0.379. The molecule has 1 saturated heterocycles. The van der Waals surface area contributed by atoms with Gasteiger partial charge < -0.3 is 24.0 Å². The zero-order valence-electron chi connectivity index (χ0n) is 20.4. The molecule has 2 aromatic rings. The van der Waals surface area contributed by atoms with Crippen LogP contribution in [-0.2, 0) is 4.79 Å². The maximum absolute atomic E-state index is 13.3. The molecule has 2 heterocycles. The molecule has 1 fully saturated rings. The van der Waals surface area contributed by atoms with Crippen LogP contribution in [0.4, 0.5) is 4.39 Å². The molecule has 35 heavy (non-hydrogen) atoms. The number of piperidine rings is 1. The molecule has 0 aliphatic carbocycles. The highest BCUT2D eigenvalue weighted by atomic mass is 19.1. The van der Waals surface area contributed by atoms with Crippen molar-refractivity contribution < 1.29 is 28.2 Å². The van der Waals surface area contributed by atoms with Gasteiger partial charge in [0.15, 0.2) is 0 Å². The Hall–Kier alpha value is -3.55. The van der Waals surface area contributed by atoms with Gasteiger partial charge in [0.05, 0.1) is 32.8 Å². The number of rotatable bonds is 6. The third kappa shape index (κ3) is 5.26. The van der Waals surface area contributed by atoms with Crippen LogP contribution in [0.1, 0.15) is 35.2 Å². The van der Waals surface area contributed by atoms with E-state index >= 15 is 0 Å². The van der Waals surface area contributed by atoms with E-state index in [0.29, 0.717) is 55.4 Å². The fourth-order valence-corrected chi connectivity index (χ4v) is 4.81. The number of methoxy groups -OCH3 is 3. The SMILES string of the molecule is COc1cc(OC)c(C2=CCN(C(=O)C3CCCN(C(=O)c4ccc(F)cc4)C3)CC2)c(OC)c1. The molecule has 1 atom stereocenters. The van der Waals surface area contributed by atoms with Gasteiger partial charge in [-0.1, -0.05) is 6.08 Å². The zero-order chi connectivity index (χ0) is 24.9. The summed E-state index contributed by atoms with van der Waals surface area (Å²) < 4.78 is 29.7. The Bertz CT molecular complexity index is 1090. The van der Waals surface area contributed by atoms with Gasteiger partial charge in [-0.15, -0.1) is 0 Å². The third-order valence-electron chi connectivity index (χ3n) is 6.71. The minimum Gasteiger partial charge on any atom is -0.496 e. The lowest BCUT2D eigenvalue weighted by atomic mass is 9.93. The summed E-state index contributed by atoms with van der Waals surface area (Å²) in [6.07, 6.45) is 4.21. The van der Waals surface area contributed by atoms with Gasteiger partial charge >= 0.3 is 0 Å². The van der Waals surface area contributed by atoms with Crippen LogP contribution in [0.5, 0.6) is 17.2 Å². The van der Waals surface area contributed by atoms with Gasteiger partial charge in [-0.3, -0.25) is 9.59 Å². The third-order valence-corrected chi connectivity index (χ3v) is 6.71. The van der Waals surface area contributed by atoms with Gasteiger partial charge in [0.1, 0.15) is 23.1 Å². The van der Waals surface area contributed by atoms with Gasteiger partial charge in [-0.25, -0.2) is 4.39 Å². The summed E-state index contributed by atoms with van der Waals surface area (Å²) in [5.41, 5.74) is 2.37. The van der Waals surface area contributed by atoms with Crippen LogP contribution in [0.2, 0.25) is 0 Å². The smallest absolute Gasteiger partial charge is 0.253 e. The topological polar surface area (TPSA) is 68.3 Å². The summed E-state index contributed by atoms with van der Waals surface area (Å²) in [6, 6.07) is 9.19. The first-order valence-electron chi connectivity index (χ1n) is 11.8. The fourth-order valence-electron chi connectivity index (χ4n) is 4.81. The van der Waals surface area contributed by atoms with Crippen LogP contribution in [-0.4, -0.2) is 69.1 Å². The van der Waals surface area contributed by atoms with E-state index in [0.717, 1.165) is 24.0 Å². The van der Waals surface area contributed by atoms with Crippen molar-refractivity contribution in [2.75, 3.05) is 47.5 Å². The van der Waals surface area contributed by atoms with E-state index in [-0.39, 0.29) is 23.5 Å². The second-order valence-electron chi connectivity index (χ2n) is 8.77. The number of likely N-dealkylation sites (tertiary alicyclic amines) is 1. The van der Waals surface area contributed by atoms with Crippen molar-refractivity contribution >= 4 is 17.4 Å². The van der Waals surface area contributed by atoms with Gasteiger partial charge in [-0.2, -0.15) is 0 Å². The molecule has 0 aromatic heterocycles. The Labute approximate surface area is 205 Å². The maximum atomic E-state index is 13.3. The quantitative estimate of drug-likeness (QED) is 0.622. The Kier molecular flexibility index (Phi) is 7.58. The molecule has 4 rings (SSSR count). The molecule has 0 bridgehead atoms. The molecule has 186 valence electrons. The van der Waals surface area contributed by atoms with Crippen molar-refractivity contribution in [1.82, 2.24) is 9.80 Å². The van der Waals surface area contributed by atoms with E-state index in [1.54, 1.807) is 26.2 Å². The van der Waals surface area contributed by atoms with Crippen molar-refractivity contribution in [3.63, 3.8) is 0 Å². The number of halogens is 1. The highest BCUT2D eigenvalue weighted by Crippen LogP contribution is 2.41. The first-order chi connectivity index (χ1) is 16.9. The lowest BCUT2D eigenvalue weighted by Crippen LogP contribution is -2.47. The zero-order valence-corrected chi connectivity index (χ0v) is 20.4. The summed E-state index contributed by atoms with van der Waals surface area (Å²) in [4.78, 5) is 29.7. The summed E-state index contributed by atoms with van der Waals surface area (Å²) in [5.74, 6) is 1.24. The highest BCUT2D eigenvalue weighted by Gasteiger charge is 2.32. The lowest BCUT2D eigenvalue weighted by molar-refractivity contribution is -0.136. The van der Waals surface area contributed by atoms with E-state index in [1.165, 1.54) is 24.3 Å². The van der Waals surface area contributed by atoms with Crippen LogP contribution < -0.4 is 14.2 Å². The second-order valence-corrected chi connectivity index (χ2v) is 8.77. The van der Waals surface area contributed by atoms with Crippen LogP contribution in [0.3, 0.4) is 0 Å². The van der Waals surface area contributed by atoms with Crippen molar-refractivity contribution in [3.05, 3.63) is 59.4 Å². The van der Waals surface area contributed by atoms with Crippen molar-refractivity contribution in [2.24, 2.45) is 5.92 Å². The monoisotopic (exact) mass is 482 g/mol. The van der Waals surface area contributed by atoms with Gasteiger partial charge in [0.25, 0.3) is 5.91 Å². The van der Waals surface area contributed by atoms with Gasteiger partial charge in [-0.05, 0) is 49.1 Å². The predicted molar refractivity (Wildman–Crippen MR) is 130 cm³/mol. The fraction of sp³-hybridized carbons (Fsp3) is 0.407. The molecule has 1 unspecified atom stereocenters. The van der Waals surface area contributed by atoms with Crippen LogP contribution in [0, 0.1) is 11.7 Å². The first kappa shape index (κ1) is 24.6. The largest absolute Gasteiger partial charge is 0.496 e. The van der Waals surface area contributed by atoms with Crippen LogP contribution in [0.15, 0.2) is 42.5 Å². The number of carbonyl (C=O) groups is 2. The van der Waals surface area contributed by atoms with Gasteiger partial charge in [0, 0.05) is 43.9 Å².